The molecule has 0 radical (unpaired) electrons. The van der Waals surface area contributed by atoms with Gasteiger partial charge in [0.1, 0.15) is 18.0 Å². The minimum Gasteiger partial charge on any atom is -0.457 e. The van der Waals surface area contributed by atoms with E-state index in [-0.39, 0.29) is 5.06 Å². The van der Waals surface area contributed by atoms with Crippen molar-refractivity contribution >= 4 is 17.6 Å². The van der Waals surface area contributed by atoms with Crippen LogP contribution in [0.2, 0.25) is 0 Å². The fraction of sp³-hybridized carbons (Fsp3) is 0.0667. The third-order valence-corrected chi connectivity index (χ3v) is 2.66. The van der Waals surface area contributed by atoms with Gasteiger partial charge in [-0.25, -0.2) is 4.79 Å². The molecule has 3 amide bonds. The first-order chi connectivity index (χ1) is 10.5. The van der Waals surface area contributed by atoms with Crippen LogP contribution in [0.15, 0.2) is 54.6 Å². The SMILES string of the molecule is NC(=O)N(O)CC(=O)Nc1ccc(Oc2ccccc2)cc1. The van der Waals surface area contributed by atoms with E-state index in [0.29, 0.717) is 17.2 Å². The number of carbonyl (C=O) groups is 2. The van der Waals surface area contributed by atoms with E-state index < -0.39 is 18.5 Å². The summed E-state index contributed by atoms with van der Waals surface area (Å²) in [5.74, 6) is 0.750. The number of carbonyl (C=O) groups excluding carboxylic acids is 2. The van der Waals surface area contributed by atoms with Crippen LogP contribution >= 0.6 is 0 Å². The topological polar surface area (TPSA) is 105 Å². The summed E-state index contributed by atoms with van der Waals surface area (Å²) in [5.41, 5.74) is 5.31. The first kappa shape index (κ1) is 15.3. The number of nitrogens with one attached hydrogen (secondary N) is 1. The summed E-state index contributed by atoms with van der Waals surface area (Å²) in [4.78, 5) is 22.2. The van der Waals surface area contributed by atoms with Crippen LogP contribution in [0, 0.1) is 0 Å². The molecule has 2 aromatic carbocycles. The molecule has 0 aliphatic rings. The first-order valence-electron chi connectivity index (χ1n) is 6.43. The third kappa shape index (κ3) is 4.50. The lowest BCUT2D eigenvalue weighted by molar-refractivity contribution is -0.124. The second-order valence-electron chi connectivity index (χ2n) is 4.38. The summed E-state index contributed by atoms with van der Waals surface area (Å²) in [7, 11) is 0. The molecule has 22 heavy (non-hydrogen) atoms. The Morgan fingerprint density at radius 1 is 1.05 bits per heavy atom. The number of urea groups is 1. The summed E-state index contributed by atoms with van der Waals surface area (Å²) < 4.78 is 5.61. The van der Waals surface area contributed by atoms with Crippen LogP contribution in [-0.4, -0.2) is 28.8 Å². The molecule has 0 saturated carbocycles. The molecule has 2 rings (SSSR count). The van der Waals surface area contributed by atoms with Crippen LogP contribution in [-0.2, 0) is 4.79 Å². The van der Waals surface area contributed by atoms with Crippen molar-refractivity contribution in [3.63, 3.8) is 0 Å². The van der Waals surface area contributed by atoms with Gasteiger partial charge in [-0.05, 0) is 36.4 Å². The summed E-state index contributed by atoms with van der Waals surface area (Å²) in [6.45, 7) is -0.544. The van der Waals surface area contributed by atoms with E-state index in [1.807, 2.05) is 30.3 Å². The Bertz CT molecular complexity index is 644. The van der Waals surface area contributed by atoms with E-state index >= 15 is 0 Å². The molecule has 0 heterocycles. The van der Waals surface area contributed by atoms with Crippen molar-refractivity contribution in [2.75, 3.05) is 11.9 Å². The summed E-state index contributed by atoms with van der Waals surface area (Å²) in [6, 6.07) is 14.8. The predicted octanol–water partition coefficient (Wildman–Crippen LogP) is 2.19. The fourth-order valence-electron chi connectivity index (χ4n) is 1.65. The van der Waals surface area contributed by atoms with Crippen molar-refractivity contribution in [1.29, 1.82) is 0 Å². The van der Waals surface area contributed by atoms with Gasteiger partial charge < -0.3 is 15.8 Å². The van der Waals surface area contributed by atoms with Crippen molar-refractivity contribution in [1.82, 2.24) is 5.06 Å². The number of anilines is 1. The summed E-state index contributed by atoms with van der Waals surface area (Å²) in [5, 5.41) is 11.7. The number of rotatable bonds is 5. The first-order valence-corrected chi connectivity index (χ1v) is 6.43. The molecule has 0 atom stereocenters. The zero-order valence-corrected chi connectivity index (χ0v) is 11.6. The molecule has 0 bridgehead atoms. The number of para-hydroxylation sites is 1. The zero-order valence-electron chi connectivity index (χ0n) is 11.6. The van der Waals surface area contributed by atoms with Gasteiger partial charge in [0.15, 0.2) is 0 Å². The van der Waals surface area contributed by atoms with Crippen LogP contribution in [0.1, 0.15) is 0 Å². The van der Waals surface area contributed by atoms with Crippen LogP contribution < -0.4 is 15.8 Å². The number of amides is 3. The molecule has 0 aliphatic carbocycles. The van der Waals surface area contributed by atoms with E-state index in [9.17, 15) is 9.59 Å². The minimum atomic E-state index is -1.10. The van der Waals surface area contributed by atoms with Gasteiger partial charge >= 0.3 is 6.03 Å². The summed E-state index contributed by atoms with van der Waals surface area (Å²) in [6.07, 6.45) is 0. The second kappa shape index (κ2) is 7.09. The van der Waals surface area contributed by atoms with E-state index in [4.69, 9.17) is 15.7 Å². The maximum absolute atomic E-state index is 11.6. The molecule has 0 fully saturated rings. The number of nitrogens with zero attached hydrogens (tertiary/aromatic N) is 1. The average Bonchev–Trinajstić information content (AvgIpc) is 2.50. The molecular formula is C15H15N3O4. The minimum absolute atomic E-state index is 0.127. The van der Waals surface area contributed by atoms with Crippen molar-refractivity contribution in [3.05, 3.63) is 54.6 Å². The lowest BCUT2D eigenvalue weighted by Gasteiger charge is -2.12. The molecule has 0 spiro atoms. The van der Waals surface area contributed by atoms with Crippen LogP contribution in [0.4, 0.5) is 10.5 Å². The van der Waals surface area contributed by atoms with Gasteiger partial charge in [-0.1, -0.05) is 18.2 Å². The molecule has 2 aromatic rings. The van der Waals surface area contributed by atoms with Crippen molar-refractivity contribution in [2.24, 2.45) is 5.73 Å². The molecule has 0 unspecified atom stereocenters. The van der Waals surface area contributed by atoms with Gasteiger partial charge in [-0.15, -0.1) is 0 Å². The highest BCUT2D eigenvalue weighted by molar-refractivity contribution is 5.93. The molecule has 114 valence electrons. The maximum atomic E-state index is 11.6. The fourth-order valence-corrected chi connectivity index (χ4v) is 1.65. The smallest absolute Gasteiger partial charge is 0.339 e. The Morgan fingerprint density at radius 3 is 2.23 bits per heavy atom. The highest BCUT2D eigenvalue weighted by Crippen LogP contribution is 2.22. The number of primary amides is 1. The number of nitrogens with two attached hydrogens (primary N) is 1. The molecular weight excluding hydrogens is 286 g/mol. The quantitative estimate of drug-likeness (QED) is 0.581. The third-order valence-electron chi connectivity index (χ3n) is 2.66. The molecule has 7 heteroatoms. The highest BCUT2D eigenvalue weighted by Gasteiger charge is 2.11. The standard InChI is InChI=1S/C15H15N3O4/c16-15(20)18(21)10-14(19)17-11-6-8-13(9-7-11)22-12-4-2-1-3-5-12/h1-9,21H,10H2,(H2,16,20)(H,17,19). The maximum Gasteiger partial charge on any atom is 0.339 e. The Labute approximate surface area is 126 Å². The van der Waals surface area contributed by atoms with Gasteiger partial charge in [-0.3, -0.25) is 10.0 Å². The van der Waals surface area contributed by atoms with E-state index in [1.165, 1.54) is 0 Å². The summed E-state index contributed by atoms with van der Waals surface area (Å²) >= 11 is 0. The Kier molecular flexibility index (Phi) is 4.94. The Hall–Kier alpha value is -3.06. The zero-order chi connectivity index (χ0) is 15.9. The van der Waals surface area contributed by atoms with Crippen LogP contribution in [0.25, 0.3) is 0 Å². The molecule has 7 nitrogen and oxygen atoms in total. The molecule has 4 N–H and O–H groups in total. The number of hydrogen-bond donors (Lipinski definition) is 3. The number of hydroxylamine groups is 2. The molecule has 0 aliphatic heterocycles. The van der Waals surface area contributed by atoms with Gasteiger partial charge in [0.05, 0.1) is 0 Å². The lowest BCUT2D eigenvalue weighted by atomic mass is 10.3. The monoisotopic (exact) mass is 301 g/mol. The Balaban J connectivity index is 1.92. The van der Waals surface area contributed by atoms with Gasteiger partial charge in [0.2, 0.25) is 5.91 Å². The van der Waals surface area contributed by atoms with Gasteiger partial charge in [0, 0.05) is 5.69 Å². The van der Waals surface area contributed by atoms with Crippen molar-refractivity contribution in [3.8, 4) is 11.5 Å². The van der Waals surface area contributed by atoms with Crippen molar-refractivity contribution in [2.45, 2.75) is 0 Å². The van der Waals surface area contributed by atoms with Gasteiger partial charge in [-0.2, -0.15) is 5.06 Å². The van der Waals surface area contributed by atoms with Gasteiger partial charge in [0.25, 0.3) is 0 Å². The molecule has 0 saturated heterocycles. The predicted molar refractivity (Wildman–Crippen MR) is 79.7 cm³/mol. The number of ether oxygens (including phenoxy) is 1. The lowest BCUT2D eigenvalue weighted by Crippen LogP contribution is -2.38. The second-order valence-corrected chi connectivity index (χ2v) is 4.38. The Morgan fingerprint density at radius 2 is 1.64 bits per heavy atom. The van der Waals surface area contributed by atoms with Crippen LogP contribution in [0.5, 0.6) is 11.5 Å². The van der Waals surface area contributed by atoms with E-state index in [0.717, 1.165) is 0 Å². The van der Waals surface area contributed by atoms with E-state index in [1.54, 1.807) is 24.3 Å². The van der Waals surface area contributed by atoms with Crippen LogP contribution in [0.3, 0.4) is 0 Å². The average molecular weight is 301 g/mol. The van der Waals surface area contributed by atoms with E-state index in [2.05, 4.69) is 5.32 Å². The highest BCUT2D eigenvalue weighted by atomic mass is 16.5. The van der Waals surface area contributed by atoms with Crippen molar-refractivity contribution < 1.29 is 19.5 Å². The number of hydrogen-bond acceptors (Lipinski definition) is 4. The largest absolute Gasteiger partial charge is 0.457 e. The molecule has 0 aromatic heterocycles. The normalized spacial score (nSPS) is 9.86. The number of benzene rings is 2.